The van der Waals surface area contributed by atoms with Crippen molar-refractivity contribution in [2.75, 3.05) is 41.5 Å². The van der Waals surface area contributed by atoms with Crippen molar-refractivity contribution < 1.29 is 47.9 Å². The number of nitro groups is 2. The zero-order chi connectivity index (χ0) is 47.9. The Balaban J connectivity index is 0.916. The standard InChI is InChI=1S/C52H50N4O12/c1-63-43-27-39(41(55(59)60)29-45(43)65-3)49(47-35-21-11-7-17-31(35)32-18-8-12-22-36(32)47)67-51(57)53-25-15-5-6-16-26-54-52(58)68-50(40-28-44(64-2)46(66-4)30-42(40)56(61)62)48-37-23-13-9-19-33(37)34-20-10-14-24-38(34)48/h7-14,17-24,27-30,47-50H,5-6,15-16,25-26H2,1-4H3,(H,53,57)(H,54,58). The monoisotopic (exact) mass is 922 g/mol. The lowest BCUT2D eigenvalue weighted by atomic mass is 9.86. The van der Waals surface area contributed by atoms with Crippen molar-refractivity contribution in [3.63, 3.8) is 0 Å². The van der Waals surface area contributed by atoms with E-state index < -0.39 is 46.1 Å². The van der Waals surface area contributed by atoms with E-state index in [0.717, 1.165) is 44.5 Å². The first-order chi connectivity index (χ1) is 33.1. The third-order valence-electron chi connectivity index (χ3n) is 12.6. The summed E-state index contributed by atoms with van der Waals surface area (Å²) in [6, 6.07) is 36.4. The molecule has 0 saturated heterocycles. The first-order valence-corrected chi connectivity index (χ1v) is 22.1. The number of fused-ring (bicyclic) bond motifs is 6. The third-order valence-corrected chi connectivity index (χ3v) is 12.6. The Morgan fingerprint density at radius 3 is 1.07 bits per heavy atom. The van der Waals surface area contributed by atoms with Gasteiger partial charge in [-0.15, -0.1) is 0 Å². The van der Waals surface area contributed by atoms with Gasteiger partial charge < -0.3 is 39.1 Å². The van der Waals surface area contributed by atoms with E-state index in [0.29, 0.717) is 25.7 Å². The molecule has 2 N–H and O–H groups in total. The summed E-state index contributed by atoms with van der Waals surface area (Å²) < 4.78 is 34.2. The van der Waals surface area contributed by atoms with E-state index in [9.17, 15) is 29.8 Å². The molecule has 16 nitrogen and oxygen atoms in total. The lowest BCUT2D eigenvalue weighted by molar-refractivity contribution is -0.386. The van der Waals surface area contributed by atoms with Gasteiger partial charge in [0.15, 0.2) is 23.0 Å². The van der Waals surface area contributed by atoms with Crippen molar-refractivity contribution in [3.8, 4) is 45.3 Å². The van der Waals surface area contributed by atoms with Crippen LogP contribution in [0.4, 0.5) is 21.0 Å². The van der Waals surface area contributed by atoms with Crippen LogP contribution in [0.3, 0.4) is 0 Å². The second-order valence-electron chi connectivity index (χ2n) is 16.3. The van der Waals surface area contributed by atoms with Gasteiger partial charge in [0.2, 0.25) is 0 Å². The molecule has 6 aromatic carbocycles. The van der Waals surface area contributed by atoms with Crippen LogP contribution < -0.4 is 29.6 Å². The summed E-state index contributed by atoms with van der Waals surface area (Å²) in [5.74, 6) is -0.321. The summed E-state index contributed by atoms with van der Waals surface area (Å²) in [4.78, 5) is 51.4. The molecule has 0 radical (unpaired) electrons. The van der Waals surface area contributed by atoms with Crippen LogP contribution in [-0.2, 0) is 9.47 Å². The number of ether oxygens (including phenoxy) is 6. The number of benzene rings is 6. The van der Waals surface area contributed by atoms with Crippen molar-refractivity contribution in [2.45, 2.75) is 49.7 Å². The van der Waals surface area contributed by atoms with E-state index in [2.05, 4.69) is 10.6 Å². The molecule has 0 heterocycles. The van der Waals surface area contributed by atoms with Gasteiger partial charge in [-0.1, -0.05) is 110 Å². The topological polar surface area (TPSA) is 200 Å². The summed E-state index contributed by atoms with van der Waals surface area (Å²) in [5.41, 5.74) is 6.95. The van der Waals surface area contributed by atoms with Gasteiger partial charge in [-0.25, -0.2) is 9.59 Å². The number of methoxy groups -OCH3 is 4. The first kappa shape index (κ1) is 46.4. The number of unbranched alkanes of at least 4 members (excludes halogenated alkanes) is 3. The highest BCUT2D eigenvalue weighted by Crippen LogP contribution is 2.55. The fourth-order valence-electron chi connectivity index (χ4n) is 9.50. The molecule has 8 rings (SSSR count). The molecule has 0 aliphatic heterocycles. The second-order valence-corrected chi connectivity index (χ2v) is 16.3. The number of nitro benzene ring substituents is 2. The summed E-state index contributed by atoms with van der Waals surface area (Å²) >= 11 is 0. The van der Waals surface area contributed by atoms with E-state index in [1.54, 1.807) is 0 Å². The van der Waals surface area contributed by atoms with Gasteiger partial charge in [0, 0.05) is 13.1 Å². The fraction of sp³-hybridized carbons (Fsp3) is 0.269. The molecule has 0 fully saturated rings. The molecule has 0 aromatic heterocycles. The Morgan fingerprint density at radius 2 is 0.779 bits per heavy atom. The predicted octanol–water partition coefficient (Wildman–Crippen LogP) is 11.0. The van der Waals surface area contributed by atoms with Gasteiger partial charge in [0.05, 0.1) is 73.4 Å². The fourth-order valence-corrected chi connectivity index (χ4v) is 9.50. The highest BCUT2D eigenvalue weighted by Gasteiger charge is 2.43. The lowest BCUT2D eigenvalue weighted by Gasteiger charge is -2.27. The largest absolute Gasteiger partial charge is 0.493 e. The van der Waals surface area contributed by atoms with Crippen molar-refractivity contribution in [1.82, 2.24) is 10.6 Å². The average Bonchev–Trinajstić information content (AvgIpc) is 3.87. The molecule has 2 amide bonds. The molecule has 2 atom stereocenters. The molecule has 0 bridgehead atoms. The van der Waals surface area contributed by atoms with Crippen LogP contribution in [0.15, 0.2) is 121 Å². The number of nitrogens with zero attached hydrogens (tertiary/aromatic N) is 2. The zero-order valence-electron chi connectivity index (χ0n) is 37.9. The van der Waals surface area contributed by atoms with E-state index in [-0.39, 0.29) is 58.6 Å². The number of rotatable bonds is 19. The molecule has 2 unspecified atom stereocenters. The maximum Gasteiger partial charge on any atom is 0.407 e. The zero-order valence-corrected chi connectivity index (χ0v) is 37.9. The number of carbonyl (C=O) groups excluding carboxylic acids is 2. The third kappa shape index (κ3) is 9.17. The summed E-state index contributed by atoms with van der Waals surface area (Å²) in [5, 5.41) is 30.8. The Bertz CT molecular complexity index is 2580. The summed E-state index contributed by atoms with van der Waals surface area (Å²) in [7, 11) is 5.64. The molecular formula is C52H50N4O12. The van der Waals surface area contributed by atoms with Crippen molar-refractivity contribution >= 4 is 23.6 Å². The maximum atomic E-state index is 13.7. The lowest BCUT2D eigenvalue weighted by Crippen LogP contribution is -2.30. The SMILES string of the molecule is COc1cc(C(OC(=O)NCCCCCCNC(=O)OC(c2cc(OC)c(OC)cc2[N+](=O)[O-])C2c3ccccc3-c3ccccc32)C2c3ccccc3-c3ccccc32)c([N+](=O)[O-])cc1OC. The van der Waals surface area contributed by atoms with Gasteiger partial charge in [-0.2, -0.15) is 0 Å². The molecule has 2 aliphatic rings. The molecule has 68 heavy (non-hydrogen) atoms. The van der Waals surface area contributed by atoms with Crippen LogP contribution >= 0.6 is 0 Å². The number of hydrogen-bond donors (Lipinski definition) is 2. The Kier molecular flexibility index (Phi) is 14.0. The number of hydrogen-bond acceptors (Lipinski definition) is 12. The minimum absolute atomic E-state index is 0.150. The Hall–Kier alpha value is -8.14. The van der Waals surface area contributed by atoms with Crippen molar-refractivity contribution in [2.24, 2.45) is 0 Å². The van der Waals surface area contributed by atoms with Crippen LogP contribution in [-0.4, -0.2) is 63.6 Å². The second kappa shape index (κ2) is 20.6. The molecular weight excluding hydrogens is 873 g/mol. The van der Waals surface area contributed by atoms with Gasteiger partial charge in [-0.3, -0.25) is 20.2 Å². The molecule has 350 valence electrons. The van der Waals surface area contributed by atoms with Crippen LogP contribution in [0.25, 0.3) is 22.3 Å². The predicted molar refractivity (Wildman–Crippen MR) is 253 cm³/mol. The normalized spacial score (nSPS) is 13.2. The minimum Gasteiger partial charge on any atom is -0.493 e. The minimum atomic E-state index is -1.12. The average molecular weight is 923 g/mol. The van der Waals surface area contributed by atoms with Gasteiger partial charge in [0.1, 0.15) is 12.2 Å². The first-order valence-electron chi connectivity index (χ1n) is 22.1. The maximum absolute atomic E-state index is 13.7. The van der Waals surface area contributed by atoms with E-state index in [4.69, 9.17) is 28.4 Å². The van der Waals surface area contributed by atoms with Gasteiger partial charge in [0.25, 0.3) is 11.4 Å². The molecule has 0 spiro atoms. The summed E-state index contributed by atoms with van der Waals surface area (Å²) in [6.45, 7) is 0.506. The molecule has 2 aliphatic carbocycles. The number of alkyl carbamates (subject to hydrolysis) is 2. The molecule has 0 saturated carbocycles. The van der Waals surface area contributed by atoms with Crippen LogP contribution in [0, 0.1) is 20.2 Å². The van der Waals surface area contributed by atoms with Crippen molar-refractivity contribution in [1.29, 1.82) is 0 Å². The number of carbonyl (C=O) groups is 2. The van der Waals surface area contributed by atoms with E-state index >= 15 is 0 Å². The van der Waals surface area contributed by atoms with Crippen LogP contribution in [0.1, 0.15) is 83.1 Å². The highest BCUT2D eigenvalue weighted by molar-refractivity contribution is 5.81. The number of amides is 2. The van der Waals surface area contributed by atoms with Crippen LogP contribution in [0.2, 0.25) is 0 Å². The Morgan fingerprint density at radius 1 is 0.485 bits per heavy atom. The summed E-state index contributed by atoms with van der Waals surface area (Å²) in [6.07, 6.45) is -1.24. The smallest absolute Gasteiger partial charge is 0.407 e. The van der Waals surface area contributed by atoms with Gasteiger partial charge in [-0.05, 0) is 69.5 Å². The number of nitrogens with one attached hydrogen (secondary N) is 2. The van der Waals surface area contributed by atoms with Crippen molar-refractivity contribution in [3.05, 3.63) is 175 Å². The quantitative estimate of drug-likeness (QED) is 0.0443. The van der Waals surface area contributed by atoms with E-state index in [1.807, 2.05) is 97.1 Å². The van der Waals surface area contributed by atoms with Gasteiger partial charge >= 0.3 is 12.2 Å². The Labute approximate surface area is 392 Å². The molecule has 16 heteroatoms. The highest BCUT2D eigenvalue weighted by atomic mass is 16.6. The van der Waals surface area contributed by atoms with Crippen LogP contribution in [0.5, 0.6) is 23.0 Å². The molecule has 6 aromatic rings. The van der Waals surface area contributed by atoms with E-state index in [1.165, 1.54) is 52.7 Å².